The molecule has 3 heterocycles. The normalized spacial score (nSPS) is 39.0. The fraction of sp³-hybridized carbons (Fsp3) is 0.895. The molecule has 3 aliphatic rings. The lowest BCUT2D eigenvalue weighted by Crippen LogP contribution is -2.54. The van der Waals surface area contributed by atoms with E-state index < -0.39 is 66.1 Å². The fourth-order valence-corrected chi connectivity index (χ4v) is 3.98. The average molecular weight is 417 g/mol. The van der Waals surface area contributed by atoms with Gasteiger partial charge in [-0.1, -0.05) is 0 Å². The maximum absolute atomic E-state index is 12.3. The Morgan fingerprint density at radius 3 is 2.62 bits per heavy atom. The highest BCUT2D eigenvalue weighted by molar-refractivity contribution is 5.83. The zero-order valence-corrected chi connectivity index (χ0v) is 17.5. The van der Waals surface area contributed by atoms with Gasteiger partial charge in [-0.3, -0.25) is 0 Å². The van der Waals surface area contributed by atoms with Crippen LogP contribution in [0, 0.1) is 0 Å². The molecule has 3 fully saturated rings. The molecule has 0 bridgehead atoms. The molecule has 166 valence electrons. The van der Waals surface area contributed by atoms with Crippen LogP contribution in [0.1, 0.15) is 47.5 Å². The van der Waals surface area contributed by atoms with Gasteiger partial charge in [0.15, 0.2) is 5.79 Å². The SMILES string of the molecule is CC(C)(C)OC(=O)N[C@H]1C[C@](CO)(C[C@H]2OC[C@H]3OC(C)(C)O[C@H]3[C@@H]2O)OC1=O. The van der Waals surface area contributed by atoms with Crippen molar-refractivity contribution in [3.05, 3.63) is 0 Å². The van der Waals surface area contributed by atoms with Crippen LogP contribution in [0.4, 0.5) is 4.79 Å². The van der Waals surface area contributed by atoms with E-state index in [1.165, 1.54) is 0 Å². The van der Waals surface area contributed by atoms with E-state index in [2.05, 4.69) is 5.32 Å². The van der Waals surface area contributed by atoms with Crippen LogP contribution in [-0.2, 0) is 28.5 Å². The molecule has 0 unspecified atom stereocenters. The molecule has 0 aromatic heterocycles. The molecular weight excluding hydrogens is 386 g/mol. The molecule has 6 atom stereocenters. The Balaban J connectivity index is 1.63. The lowest BCUT2D eigenvalue weighted by atomic mass is 9.87. The Hall–Kier alpha value is -1.46. The van der Waals surface area contributed by atoms with Crippen LogP contribution in [0.5, 0.6) is 0 Å². The van der Waals surface area contributed by atoms with Crippen LogP contribution in [0.2, 0.25) is 0 Å². The number of nitrogens with one attached hydrogen (secondary N) is 1. The fourth-order valence-electron chi connectivity index (χ4n) is 3.98. The molecule has 3 aliphatic heterocycles. The van der Waals surface area contributed by atoms with Gasteiger partial charge in [0.25, 0.3) is 0 Å². The third-order valence-corrected chi connectivity index (χ3v) is 5.14. The summed E-state index contributed by atoms with van der Waals surface area (Å²) in [6.45, 7) is 8.38. The monoisotopic (exact) mass is 417 g/mol. The number of ether oxygens (including phenoxy) is 5. The molecule has 10 nitrogen and oxygen atoms in total. The Kier molecular flexibility index (Phi) is 5.87. The lowest BCUT2D eigenvalue weighted by molar-refractivity contribution is -0.182. The van der Waals surface area contributed by atoms with Crippen LogP contribution in [0.15, 0.2) is 0 Å². The summed E-state index contributed by atoms with van der Waals surface area (Å²) < 4.78 is 27.8. The third-order valence-electron chi connectivity index (χ3n) is 5.14. The van der Waals surface area contributed by atoms with Crippen molar-refractivity contribution in [1.82, 2.24) is 5.32 Å². The molecule has 10 heteroatoms. The van der Waals surface area contributed by atoms with Crippen molar-refractivity contribution >= 4 is 12.1 Å². The zero-order valence-electron chi connectivity index (χ0n) is 17.5. The van der Waals surface area contributed by atoms with E-state index in [4.69, 9.17) is 23.7 Å². The summed E-state index contributed by atoms with van der Waals surface area (Å²) >= 11 is 0. The number of carbonyl (C=O) groups excluding carboxylic acids is 2. The number of esters is 1. The second-order valence-corrected chi connectivity index (χ2v) is 9.37. The zero-order chi connectivity index (χ0) is 21.6. The molecule has 1 amide bonds. The van der Waals surface area contributed by atoms with Crippen molar-refractivity contribution in [3.8, 4) is 0 Å². The van der Waals surface area contributed by atoms with Crippen molar-refractivity contribution in [2.24, 2.45) is 0 Å². The molecule has 3 N–H and O–H groups in total. The number of rotatable bonds is 4. The minimum atomic E-state index is -1.29. The summed E-state index contributed by atoms with van der Waals surface area (Å²) in [5.41, 5.74) is -2.00. The standard InChI is InChI=1S/C19H31NO9/c1-17(2,3)29-16(24)20-10-6-19(9-21,28-15(10)23)7-11-13(22)14-12(8-25-11)26-18(4,5)27-14/h10-14,21-22H,6-9H2,1-5H3,(H,20,24)/t10-,11+,12+,13+,14+,19+/m0/s1. The van der Waals surface area contributed by atoms with Crippen molar-refractivity contribution in [1.29, 1.82) is 0 Å². The molecule has 0 saturated carbocycles. The predicted octanol–water partition coefficient (Wildman–Crippen LogP) is 0.228. The summed E-state index contributed by atoms with van der Waals surface area (Å²) in [6.07, 6.45) is -3.38. The van der Waals surface area contributed by atoms with Gasteiger partial charge in [-0.05, 0) is 34.6 Å². The number of alkyl carbamates (subject to hydrolysis) is 1. The highest BCUT2D eigenvalue weighted by atomic mass is 16.8. The van der Waals surface area contributed by atoms with Crippen molar-refractivity contribution in [3.63, 3.8) is 0 Å². The van der Waals surface area contributed by atoms with Gasteiger partial charge in [-0.15, -0.1) is 0 Å². The smallest absolute Gasteiger partial charge is 0.408 e. The van der Waals surface area contributed by atoms with E-state index in [1.54, 1.807) is 34.6 Å². The first-order valence-electron chi connectivity index (χ1n) is 9.82. The first-order valence-corrected chi connectivity index (χ1v) is 9.82. The predicted molar refractivity (Wildman–Crippen MR) is 97.9 cm³/mol. The highest BCUT2D eigenvalue weighted by Crippen LogP contribution is 2.39. The van der Waals surface area contributed by atoms with Crippen LogP contribution in [0.25, 0.3) is 0 Å². The largest absolute Gasteiger partial charge is 0.455 e. The van der Waals surface area contributed by atoms with Gasteiger partial charge in [0.05, 0.1) is 19.3 Å². The van der Waals surface area contributed by atoms with Gasteiger partial charge in [-0.25, -0.2) is 9.59 Å². The number of hydrogen-bond donors (Lipinski definition) is 3. The van der Waals surface area contributed by atoms with Crippen molar-refractivity contribution < 1.29 is 43.5 Å². The topological polar surface area (TPSA) is 133 Å². The number of hydrogen-bond acceptors (Lipinski definition) is 9. The van der Waals surface area contributed by atoms with Crippen LogP contribution >= 0.6 is 0 Å². The molecular formula is C19H31NO9. The van der Waals surface area contributed by atoms with Crippen molar-refractivity contribution in [2.45, 2.75) is 94.9 Å². The number of cyclic esters (lactones) is 1. The highest BCUT2D eigenvalue weighted by Gasteiger charge is 2.55. The van der Waals surface area contributed by atoms with E-state index in [1.807, 2.05) is 0 Å². The minimum Gasteiger partial charge on any atom is -0.455 e. The molecule has 3 saturated heterocycles. The first kappa shape index (κ1) is 22.2. The molecule has 29 heavy (non-hydrogen) atoms. The van der Waals surface area contributed by atoms with Gasteiger partial charge in [0, 0.05) is 12.8 Å². The molecule has 0 radical (unpaired) electrons. The summed E-state index contributed by atoms with van der Waals surface area (Å²) in [7, 11) is 0. The van der Waals surface area contributed by atoms with Crippen LogP contribution in [0.3, 0.4) is 0 Å². The van der Waals surface area contributed by atoms with E-state index in [0.717, 1.165) is 0 Å². The lowest BCUT2D eigenvalue weighted by Gasteiger charge is -2.38. The molecule has 0 aromatic carbocycles. The molecule has 3 rings (SSSR count). The maximum atomic E-state index is 12.3. The summed E-state index contributed by atoms with van der Waals surface area (Å²) in [5.74, 6) is -1.50. The van der Waals surface area contributed by atoms with Gasteiger partial charge in [0.2, 0.25) is 0 Å². The quantitative estimate of drug-likeness (QED) is 0.550. The summed E-state index contributed by atoms with van der Waals surface area (Å²) in [5, 5.41) is 23.1. The third kappa shape index (κ3) is 5.00. The Morgan fingerprint density at radius 2 is 2.00 bits per heavy atom. The van der Waals surface area contributed by atoms with Gasteiger partial charge in [-0.2, -0.15) is 0 Å². The average Bonchev–Trinajstić information content (AvgIpc) is 3.05. The maximum Gasteiger partial charge on any atom is 0.408 e. The number of amides is 1. The minimum absolute atomic E-state index is 0.0328. The molecule has 0 aliphatic carbocycles. The Morgan fingerprint density at radius 1 is 1.31 bits per heavy atom. The van der Waals surface area contributed by atoms with Crippen molar-refractivity contribution in [2.75, 3.05) is 13.2 Å². The Labute approximate surface area is 169 Å². The number of aliphatic hydroxyl groups excluding tert-OH is 2. The first-order chi connectivity index (χ1) is 13.3. The van der Waals surface area contributed by atoms with Gasteiger partial charge < -0.3 is 39.2 Å². The second-order valence-electron chi connectivity index (χ2n) is 9.37. The number of aliphatic hydroxyl groups is 2. The molecule has 0 spiro atoms. The summed E-state index contributed by atoms with van der Waals surface area (Å²) in [4.78, 5) is 24.3. The van der Waals surface area contributed by atoms with E-state index in [9.17, 15) is 19.8 Å². The van der Waals surface area contributed by atoms with Crippen LogP contribution in [-0.4, -0.2) is 82.9 Å². The Bertz CT molecular complexity index is 646. The van der Waals surface area contributed by atoms with Gasteiger partial charge >= 0.3 is 12.1 Å². The molecule has 0 aromatic rings. The van der Waals surface area contributed by atoms with Gasteiger partial charge in [0.1, 0.15) is 35.6 Å². The summed E-state index contributed by atoms with van der Waals surface area (Å²) in [6, 6.07) is -0.963. The number of fused-ring (bicyclic) bond motifs is 1. The van der Waals surface area contributed by atoms with E-state index in [0.29, 0.717) is 0 Å². The number of carbonyl (C=O) groups is 2. The van der Waals surface area contributed by atoms with E-state index in [-0.39, 0.29) is 19.4 Å². The van der Waals surface area contributed by atoms with E-state index >= 15 is 0 Å². The van der Waals surface area contributed by atoms with Crippen LogP contribution < -0.4 is 5.32 Å². The second kappa shape index (κ2) is 7.66.